The Morgan fingerprint density at radius 1 is 0.744 bits per heavy atom. The van der Waals surface area contributed by atoms with Gasteiger partial charge in [0.05, 0.1) is 19.3 Å². The molecule has 8 atom stereocenters. The SMILES string of the molecule is CCCCCCCCO[C@H]1O[C@H](CO[C@H]2O[C@H](CN=[N+]=[N-])[C@@H](O)[C@@H]2O)[C@@H](O[Si](C)(C)C(C)(C)C)[C@@H]1O[Si](C)(C)C(C)(C)C. The molecule has 0 bridgehead atoms. The largest absolute Gasteiger partial charge is 0.408 e. The molecule has 2 N–H and O–H groups in total. The Hall–Kier alpha value is -0.576. The van der Waals surface area contributed by atoms with E-state index in [1.807, 2.05) is 0 Å². The number of aliphatic hydroxyl groups is 2. The normalized spacial score (nSPS) is 30.5. The Morgan fingerprint density at radius 2 is 1.28 bits per heavy atom. The van der Waals surface area contributed by atoms with Crippen molar-refractivity contribution in [1.29, 1.82) is 0 Å². The van der Waals surface area contributed by atoms with E-state index in [0.29, 0.717) is 6.61 Å². The Kier molecular flexibility index (Phi) is 14.6. The molecule has 2 rings (SSSR count). The third-order valence-corrected chi connectivity index (χ3v) is 18.5. The van der Waals surface area contributed by atoms with Crippen molar-refractivity contribution in [2.24, 2.45) is 5.11 Å². The van der Waals surface area contributed by atoms with Crippen LogP contribution in [-0.4, -0.2) is 95.8 Å². The highest BCUT2D eigenvalue weighted by molar-refractivity contribution is 6.74. The molecule has 11 nitrogen and oxygen atoms in total. The van der Waals surface area contributed by atoms with Crippen molar-refractivity contribution in [2.45, 2.75) is 172 Å². The molecule has 43 heavy (non-hydrogen) atoms. The van der Waals surface area contributed by atoms with Gasteiger partial charge in [-0.1, -0.05) is 85.7 Å². The number of azide groups is 1. The fourth-order valence-electron chi connectivity index (χ4n) is 4.65. The first kappa shape index (κ1) is 38.6. The maximum absolute atomic E-state index is 10.6. The Labute approximate surface area is 262 Å². The van der Waals surface area contributed by atoms with Gasteiger partial charge < -0.3 is 38.0 Å². The quantitative estimate of drug-likeness (QED) is 0.0587. The third kappa shape index (κ3) is 10.7. The lowest BCUT2D eigenvalue weighted by Crippen LogP contribution is -2.54. The van der Waals surface area contributed by atoms with Gasteiger partial charge in [0.2, 0.25) is 0 Å². The first-order valence-electron chi connectivity index (χ1n) is 16.1. The van der Waals surface area contributed by atoms with Crippen LogP contribution >= 0.6 is 0 Å². The smallest absolute Gasteiger partial charge is 0.192 e. The van der Waals surface area contributed by atoms with Gasteiger partial charge in [-0.05, 0) is 48.2 Å². The first-order valence-corrected chi connectivity index (χ1v) is 21.9. The van der Waals surface area contributed by atoms with E-state index in [1.54, 1.807) is 0 Å². The molecular formula is C30H61N3O8Si2. The molecule has 0 spiro atoms. The number of unbranched alkanes of at least 4 members (excludes halogenated alkanes) is 5. The van der Waals surface area contributed by atoms with Gasteiger partial charge in [-0.25, -0.2) is 0 Å². The van der Waals surface area contributed by atoms with E-state index in [-0.39, 0.29) is 23.2 Å². The monoisotopic (exact) mass is 647 g/mol. The predicted octanol–water partition coefficient (Wildman–Crippen LogP) is 6.64. The minimum absolute atomic E-state index is 0.0359. The van der Waals surface area contributed by atoms with E-state index in [1.165, 1.54) is 25.7 Å². The Morgan fingerprint density at radius 3 is 1.84 bits per heavy atom. The molecule has 0 aromatic heterocycles. The Bertz CT molecular complexity index is 892. The van der Waals surface area contributed by atoms with Crippen LogP contribution in [0.3, 0.4) is 0 Å². The average Bonchev–Trinajstić information content (AvgIpc) is 3.34. The van der Waals surface area contributed by atoms with Crippen molar-refractivity contribution in [1.82, 2.24) is 0 Å². The molecule has 13 heteroatoms. The average molecular weight is 648 g/mol. The van der Waals surface area contributed by atoms with Crippen LogP contribution in [0.5, 0.6) is 0 Å². The van der Waals surface area contributed by atoms with Crippen molar-refractivity contribution >= 4 is 16.6 Å². The minimum Gasteiger partial charge on any atom is -0.408 e. The molecule has 2 aliphatic heterocycles. The first-order chi connectivity index (χ1) is 19.9. The highest BCUT2D eigenvalue weighted by atomic mass is 28.4. The van der Waals surface area contributed by atoms with Crippen LogP contribution in [0.1, 0.15) is 87.0 Å². The number of hydrogen-bond acceptors (Lipinski definition) is 9. The molecule has 2 aliphatic rings. The van der Waals surface area contributed by atoms with Crippen molar-refractivity contribution < 1.29 is 38.0 Å². The highest BCUT2D eigenvalue weighted by Crippen LogP contribution is 2.44. The lowest BCUT2D eigenvalue weighted by Gasteiger charge is -2.44. The zero-order valence-electron chi connectivity index (χ0n) is 28.7. The molecule has 0 amide bonds. The molecule has 252 valence electrons. The van der Waals surface area contributed by atoms with Crippen molar-refractivity contribution in [3.8, 4) is 0 Å². The summed E-state index contributed by atoms with van der Waals surface area (Å²) in [5.41, 5.74) is 8.66. The van der Waals surface area contributed by atoms with Gasteiger partial charge in [-0.3, -0.25) is 0 Å². The summed E-state index contributed by atoms with van der Waals surface area (Å²) < 4.78 is 38.7. The van der Waals surface area contributed by atoms with Gasteiger partial charge in [-0.15, -0.1) is 0 Å². The van der Waals surface area contributed by atoms with Crippen LogP contribution in [0.25, 0.3) is 10.4 Å². The number of ether oxygens (including phenoxy) is 4. The van der Waals surface area contributed by atoms with Gasteiger partial charge in [-0.2, -0.15) is 0 Å². The van der Waals surface area contributed by atoms with Crippen molar-refractivity contribution in [2.75, 3.05) is 19.8 Å². The van der Waals surface area contributed by atoms with Gasteiger partial charge in [0.25, 0.3) is 0 Å². The van der Waals surface area contributed by atoms with Crippen LogP contribution < -0.4 is 0 Å². The predicted molar refractivity (Wildman–Crippen MR) is 173 cm³/mol. The molecule has 0 aromatic carbocycles. The molecule has 0 aliphatic carbocycles. The standard InChI is InChI=1S/C30H61N3O8Si2/c1-12-13-14-15-16-17-18-36-28-26(41-43(10,11)30(5,6)7)25(40-42(8,9)29(2,3)4)22(39-28)20-37-27-24(35)23(34)21(38-27)19-32-33-31/h21-28,34-35H,12-20H2,1-11H3/t21-,22-,23-,24+,25-,26+,27+,28+/m1/s1. The van der Waals surface area contributed by atoms with Gasteiger partial charge in [0.1, 0.15) is 30.5 Å². The molecule has 2 heterocycles. The van der Waals surface area contributed by atoms with Crippen LogP contribution in [-0.2, 0) is 27.8 Å². The van der Waals surface area contributed by atoms with E-state index < -0.39 is 65.8 Å². The Balaban J connectivity index is 2.29. The lowest BCUT2D eigenvalue weighted by molar-refractivity contribution is -0.203. The maximum atomic E-state index is 10.6. The summed E-state index contributed by atoms with van der Waals surface area (Å²) in [7, 11) is -4.56. The summed E-state index contributed by atoms with van der Waals surface area (Å²) in [5, 5.41) is 24.4. The van der Waals surface area contributed by atoms with E-state index in [4.69, 9.17) is 33.3 Å². The highest BCUT2D eigenvalue weighted by Gasteiger charge is 2.55. The third-order valence-electron chi connectivity index (χ3n) is 9.59. The van der Waals surface area contributed by atoms with Gasteiger partial charge in [0.15, 0.2) is 29.2 Å². The zero-order valence-corrected chi connectivity index (χ0v) is 30.7. The fourth-order valence-corrected chi connectivity index (χ4v) is 7.25. The summed E-state index contributed by atoms with van der Waals surface area (Å²) in [6.45, 7) is 24.8. The summed E-state index contributed by atoms with van der Waals surface area (Å²) in [4.78, 5) is 2.72. The van der Waals surface area contributed by atoms with Gasteiger partial charge >= 0.3 is 0 Å². The summed E-state index contributed by atoms with van der Waals surface area (Å²) in [6, 6.07) is 0. The topological polar surface area (TPSA) is 145 Å². The zero-order chi connectivity index (χ0) is 32.6. The van der Waals surface area contributed by atoms with E-state index in [0.717, 1.165) is 12.8 Å². The molecule has 0 unspecified atom stereocenters. The summed E-state index contributed by atoms with van der Waals surface area (Å²) in [5.74, 6) is 0. The minimum atomic E-state index is -2.29. The second-order valence-corrected chi connectivity index (χ2v) is 24.7. The second kappa shape index (κ2) is 16.3. The lowest BCUT2D eigenvalue weighted by atomic mass is 10.1. The second-order valence-electron chi connectivity index (χ2n) is 15.1. The molecule has 0 aromatic rings. The number of rotatable bonds is 17. The molecule has 0 saturated carbocycles. The maximum Gasteiger partial charge on any atom is 0.192 e. The van der Waals surface area contributed by atoms with E-state index in [9.17, 15) is 10.2 Å². The molecule has 2 saturated heterocycles. The fraction of sp³-hybridized carbons (Fsp3) is 1.00. The van der Waals surface area contributed by atoms with Crippen LogP contribution in [0, 0.1) is 0 Å². The number of hydrogen-bond donors (Lipinski definition) is 2. The van der Waals surface area contributed by atoms with Crippen LogP contribution in [0.15, 0.2) is 5.11 Å². The van der Waals surface area contributed by atoms with Crippen molar-refractivity contribution in [3.63, 3.8) is 0 Å². The van der Waals surface area contributed by atoms with Gasteiger partial charge in [0, 0.05) is 11.5 Å². The van der Waals surface area contributed by atoms with E-state index >= 15 is 0 Å². The number of nitrogens with zero attached hydrogens (tertiary/aromatic N) is 3. The van der Waals surface area contributed by atoms with E-state index in [2.05, 4.69) is 84.7 Å². The summed E-state index contributed by atoms with van der Waals surface area (Å²) in [6.07, 6.45) is 0.352. The van der Waals surface area contributed by atoms with Crippen LogP contribution in [0.2, 0.25) is 36.3 Å². The number of aliphatic hydroxyl groups excluding tert-OH is 2. The molecule has 0 radical (unpaired) electrons. The summed E-state index contributed by atoms with van der Waals surface area (Å²) >= 11 is 0. The molecule has 2 fully saturated rings. The van der Waals surface area contributed by atoms with Crippen LogP contribution in [0.4, 0.5) is 0 Å². The van der Waals surface area contributed by atoms with Crippen molar-refractivity contribution in [3.05, 3.63) is 10.4 Å². The molecular weight excluding hydrogens is 587 g/mol.